The Morgan fingerprint density at radius 3 is 1.89 bits per heavy atom. The lowest BCUT2D eigenvalue weighted by atomic mass is 10.0. The number of carbonyl (C=O) groups is 9. The molecule has 2 aromatic rings. The van der Waals surface area contributed by atoms with Crippen LogP contribution in [0.2, 0.25) is 0 Å². The summed E-state index contributed by atoms with van der Waals surface area (Å²) in [5.41, 5.74) is 20.6. The van der Waals surface area contributed by atoms with Crippen molar-refractivity contribution in [2.24, 2.45) is 23.1 Å². The van der Waals surface area contributed by atoms with Gasteiger partial charge in [-0.3, -0.25) is 43.2 Å². The molecular weight excluding hydrogens is 841 g/mol. The van der Waals surface area contributed by atoms with Gasteiger partial charge in [0.2, 0.25) is 35.3 Å². The summed E-state index contributed by atoms with van der Waals surface area (Å²) in [5, 5.41) is 16.8. The summed E-state index contributed by atoms with van der Waals surface area (Å²) in [4.78, 5) is 115. The number of Topliss-reactive ketones (excluding diaryl/α,β-unsaturated/α-hetero) is 1. The minimum atomic E-state index is -1.85. The summed E-state index contributed by atoms with van der Waals surface area (Å²) >= 11 is 0. The molecule has 2 rings (SSSR count). The molecular formula is C45H68N10O10. The number of hydrogen-bond donors (Lipinski definition) is 10. The average molecular weight is 909 g/mol. The number of carbonyl (C=O) groups excluding carboxylic acids is 9. The second-order valence-electron chi connectivity index (χ2n) is 16.1. The normalized spacial score (nSPS) is 13.7. The number of nitrogens with two attached hydrogens (primary N) is 3. The molecule has 2 aromatic carbocycles. The molecule has 0 saturated carbocycles. The third-order valence-electron chi connectivity index (χ3n) is 10.1. The maximum absolute atomic E-state index is 13.8. The molecule has 0 fully saturated rings. The highest BCUT2D eigenvalue weighted by molar-refractivity contribution is 6.38. The second kappa shape index (κ2) is 28.5. The monoisotopic (exact) mass is 909 g/mol. The van der Waals surface area contributed by atoms with Crippen molar-refractivity contribution in [2.45, 2.75) is 122 Å². The average Bonchev–Trinajstić information content (AvgIpc) is 3.27. The number of amides is 8. The molecule has 6 atom stereocenters. The molecule has 13 N–H and O–H groups in total. The van der Waals surface area contributed by atoms with Crippen LogP contribution in [-0.4, -0.2) is 116 Å². The van der Waals surface area contributed by atoms with Gasteiger partial charge in [0, 0.05) is 32.2 Å². The number of aryl methyl sites for hydroxylation is 1. The Hall–Kier alpha value is -6.25. The first kappa shape index (κ1) is 54.9. The summed E-state index contributed by atoms with van der Waals surface area (Å²) in [5.74, 6) is -7.84. The van der Waals surface area contributed by atoms with Crippen LogP contribution in [0.5, 0.6) is 0 Å². The quantitative estimate of drug-likeness (QED) is 0.0282. The van der Waals surface area contributed by atoms with Crippen LogP contribution in [0, 0.1) is 5.92 Å². The van der Waals surface area contributed by atoms with Gasteiger partial charge in [-0.1, -0.05) is 63.6 Å². The van der Waals surface area contributed by atoms with Gasteiger partial charge < -0.3 is 59.2 Å². The van der Waals surface area contributed by atoms with Gasteiger partial charge in [0.05, 0.1) is 18.6 Å². The number of ketones is 1. The van der Waals surface area contributed by atoms with Gasteiger partial charge in [-0.05, 0) is 87.2 Å². The number of unbranched alkanes of at least 4 members (excludes halogenated alkanes) is 2. The molecule has 0 heterocycles. The Labute approximate surface area is 380 Å². The fourth-order valence-electron chi connectivity index (χ4n) is 6.25. The molecule has 358 valence electrons. The summed E-state index contributed by atoms with van der Waals surface area (Å²) in [6.07, 6.45) is 0.621. The van der Waals surface area contributed by atoms with Crippen LogP contribution in [0.15, 0.2) is 48.5 Å². The first-order valence-electron chi connectivity index (χ1n) is 21.9. The standard InChI is InChI=1S/C45H68N10O10/c1-7-8-11-29-13-15-30(16-14-29)31-17-19-32(20-18-31)40(59)50-23-21-36(57)52-33(12-9-10-22-46)41(60)54-37(28(5)65-25-26(2)3)43(62)55-39(48)45(64)53-34(24-35(47)56)42(61)51-27(4)38(58)44(63)49-6/h13-20,26-28,33-34,37,39H,7-12,21-25,46,48H2,1-6H3,(H2,47,56)(H,49,63)(H,50,59)(H,51,61)(H,52,57)(H,53,64)(H,54,60)(H,55,62)/t27?,28-,33+,34?,37+,39-/m1/s1. The smallest absolute Gasteiger partial charge is 0.289 e. The molecule has 0 spiro atoms. The number of hydrogen-bond acceptors (Lipinski definition) is 12. The van der Waals surface area contributed by atoms with Gasteiger partial charge in [0.15, 0.2) is 6.17 Å². The molecule has 8 amide bonds. The topological polar surface area (TPSA) is 325 Å². The largest absolute Gasteiger partial charge is 0.376 e. The van der Waals surface area contributed by atoms with Crippen molar-refractivity contribution >= 4 is 53.0 Å². The molecule has 0 aliphatic carbocycles. The fourth-order valence-corrected chi connectivity index (χ4v) is 6.25. The third kappa shape index (κ3) is 19.6. The molecule has 0 aliphatic rings. The van der Waals surface area contributed by atoms with Crippen LogP contribution in [0.4, 0.5) is 0 Å². The maximum atomic E-state index is 13.8. The Morgan fingerprint density at radius 2 is 1.32 bits per heavy atom. The number of likely N-dealkylation sites (N-methyl/N-ethyl adjacent to an activating group) is 1. The fraction of sp³-hybridized carbons (Fsp3) is 0.533. The summed E-state index contributed by atoms with van der Waals surface area (Å²) in [7, 11) is 1.22. The van der Waals surface area contributed by atoms with Gasteiger partial charge in [-0.2, -0.15) is 0 Å². The highest BCUT2D eigenvalue weighted by atomic mass is 16.5. The van der Waals surface area contributed by atoms with Crippen molar-refractivity contribution in [2.75, 3.05) is 26.7 Å². The van der Waals surface area contributed by atoms with Gasteiger partial charge in [-0.25, -0.2) is 0 Å². The summed E-state index contributed by atoms with van der Waals surface area (Å²) in [6, 6.07) is 9.82. The van der Waals surface area contributed by atoms with Crippen molar-refractivity contribution in [3.05, 3.63) is 59.7 Å². The van der Waals surface area contributed by atoms with E-state index in [4.69, 9.17) is 21.9 Å². The lowest BCUT2D eigenvalue weighted by Crippen LogP contribution is -2.63. The highest BCUT2D eigenvalue weighted by Crippen LogP contribution is 2.21. The predicted molar refractivity (Wildman–Crippen MR) is 243 cm³/mol. The van der Waals surface area contributed by atoms with Crippen LogP contribution >= 0.6 is 0 Å². The Bertz CT molecular complexity index is 1930. The summed E-state index contributed by atoms with van der Waals surface area (Å²) in [6.45, 7) is 9.07. The zero-order valence-corrected chi connectivity index (χ0v) is 38.3. The van der Waals surface area contributed by atoms with E-state index >= 15 is 0 Å². The van der Waals surface area contributed by atoms with E-state index in [1.807, 2.05) is 26.0 Å². The third-order valence-corrected chi connectivity index (χ3v) is 10.1. The molecule has 0 aromatic heterocycles. The van der Waals surface area contributed by atoms with Crippen molar-refractivity contribution in [1.82, 2.24) is 37.2 Å². The number of rotatable bonds is 29. The number of benzene rings is 2. The number of primary amides is 1. The van der Waals surface area contributed by atoms with E-state index in [9.17, 15) is 43.2 Å². The van der Waals surface area contributed by atoms with Crippen molar-refractivity contribution in [3.8, 4) is 11.1 Å². The molecule has 20 nitrogen and oxygen atoms in total. The van der Waals surface area contributed by atoms with Crippen molar-refractivity contribution < 1.29 is 47.9 Å². The summed E-state index contributed by atoms with van der Waals surface area (Å²) < 4.78 is 5.85. The van der Waals surface area contributed by atoms with Crippen LogP contribution in [-0.2, 0) is 49.5 Å². The molecule has 20 heteroatoms. The molecule has 0 aliphatic heterocycles. The van der Waals surface area contributed by atoms with E-state index in [-0.39, 0.29) is 37.8 Å². The number of ether oxygens (including phenoxy) is 1. The van der Waals surface area contributed by atoms with E-state index in [2.05, 4.69) is 68.4 Å². The minimum Gasteiger partial charge on any atom is -0.376 e. The Kier molecular flexibility index (Phi) is 24.1. The van der Waals surface area contributed by atoms with Crippen LogP contribution < -0.4 is 54.4 Å². The molecule has 65 heavy (non-hydrogen) atoms. The van der Waals surface area contributed by atoms with Crippen molar-refractivity contribution in [1.29, 1.82) is 0 Å². The van der Waals surface area contributed by atoms with Gasteiger partial charge >= 0.3 is 0 Å². The van der Waals surface area contributed by atoms with Crippen LogP contribution in [0.3, 0.4) is 0 Å². The van der Waals surface area contributed by atoms with E-state index in [1.54, 1.807) is 12.1 Å². The zero-order valence-electron chi connectivity index (χ0n) is 38.3. The second-order valence-corrected chi connectivity index (χ2v) is 16.1. The van der Waals surface area contributed by atoms with E-state index in [0.29, 0.717) is 24.9 Å². The van der Waals surface area contributed by atoms with E-state index in [1.165, 1.54) is 26.5 Å². The molecule has 0 radical (unpaired) electrons. The first-order chi connectivity index (χ1) is 30.8. The Balaban J connectivity index is 2.12. The predicted octanol–water partition coefficient (Wildman–Crippen LogP) is -0.443. The van der Waals surface area contributed by atoms with Gasteiger partial charge in [0.25, 0.3) is 17.7 Å². The first-order valence-corrected chi connectivity index (χ1v) is 21.9. The molecule has 0 bridgehead atoms. The van der Waals surface area contributed by atoms with E-state index in [0.717, 1.165) is 30.4 Å². The zero-order chi connectivity index (χ0) is 48.6. The lowest BCUT2D eigenvalue weighted by molar-refractivity contribution is -0.140. The van der Waals surface area contributed by atoms with Crippen LogP contribution in [0.1, 0.15) is 95.5 Å². The van der Waals surface area contributed by atoms with Gasteiger partial charge in [0.1, 0.15) is 18.1 Å². The van der Waals surface area contributed by atoms with E-state index < -0.39 is 90.0 Å². The Morgan fingerprint density at radius 1 is 0.708 bits per heavy atom. The minimum absolute atomic E-state index is 0.0220. The molecule has 2 unspecified atom stereocenters. The van der Waals surface area contributed by atoms with Gasteiger partial charge in [-0.15, -0.1) is 0 Å². The van der Waals surface area contributed by atoms with Crippen LogP contribution in [0.25, 0.3) is 11.1 Å². The molecule has 0 saturated heterocycles. The highest BCUT2D eigenvalue weighted by Gasteiger charge is 2.34. The van der Waals surface area contributed by atoms with Crippen molar-refractivity contribution in [3.63, 3.8) is 0 Å². The SMILES string of the molecule is CCCCc1ccc(-c2ccc(C(=O)NCCC(=O)N[C@@H](CCCCN)C(=O)N[C@H](C(=O)N[C@@H](N)C(=O)NC(CC(N)=O)C(=O)NC(C)C(=O)C(=O)NC)[C@@H](C)OCC(C)C)cc2)cc1. The maximum Gasteiger partial charge on any atom is 0.289 e. The lowest BCUT2D eigenvalue weighted by Gasteiger charge is -2.29. The number of nitrogens with one attached hydrogen (secondary N) is 7.